The van der Waals surface area contributed by atoms with Gasteiger partial charge in [-0.25, -0.2) is 4.79 Å². The number of carbonyl (C=O) groups is 2. The third kappa shape index (κ3) is 6.42. The molecular formula is C21H28N3O3+. The van der Waals surface area contributed by atoms with E-state index in [1.54, 1.807) is 0 Å². The molecule has 0 unspecified atom stereocenters. The molecule has 0 bridgehead atoms. The van der Waals surface area contributed by atoms with Crippen LogP contribution in [0.2, 0.25) is 0 Å². The average Bonchev–Trinajstić information content (AvgIpc) is 2.61. The van der Waals surface area contributed by atoms with Crippen LogP contribution in [0, 0.1) is 0 Å². The van der Waals surface area contributed by atoms with Crippen LogP contribution in [-0.4, -0.2) is 25.1 Å². The molecule has 27 heavy (non-hydrogen) atoms. The van der Waals surface area contributed by atoms with Crippen molar-refractivity contribution in [1.29, 1.82) is 0 Å². The molecule has 6 heteroatoms. The van der Waals surface area contributed by atoms with Gasteiger partial charge >= 0.3 is 6.03 Å². The number of rotatable bonds is 7. The third-order valence-electron chi connectivity index (χ3n) is 4.20. The van der Waals surface area contributed by atoms with Gasteiger partial charge in [-0.05, 0) is 23.1 Å². The smallest absolute Gasteiger partial charge is 0.319 e. The predicted molar refractivity (Wildman–Crippen MR) is 104 cm³/mol. The summed E-state index contributed by atoms with van der Waals surface area (Å²) in [6.07, 6.45) is 0. The highest BCUT2D eigenvalue weighted by molar-refractivity contribution is 5.96. The summed E-state index contributed by atoms with van der Waals surface area (Å²) in [5.74, 6) is 0.345. The topological polar surface area (TPSA) is 98.0 Å². The van der Waals surface area contributed by atoms with Gasteiger partial charge in [0.05, 0.1) is 0 Å². The quantitative estimate of drug-likeness (QED) is 0.649. The Labute approximate surface area is 160 Å². The molecule has 144 valence electrons. The van der Waals surface area contributed by atoms with Gasteiger partial charge in [0.1, 0.15) is 18.9 Å². The zero-order chi connectivity index (χ0) is 19.9. The number of amides is 3. The van der Waals surface area contributed by atoms with Crippen molar-refractivity contribution in [3.05, 3.63) is 65.7 Å². The molecule has 0 saturated heterocycles. The van der Waals surface area contributed by atoms with Gasteiger partial charge in [-0.15, -0.1) is 0 Å². The molecule has 2 rings (SSSR count). The molecule has 0 aromatic heterocycles. The van der Waals surface area contributed by atoms with Crippen LogP contribution in [0.25, 0.3) is 0 Å². The third-order valence-corrected chi connectivity index (χ3v) is 4.20. The van der Waals surface area contributed by atoms with E-state index < -0.39 is 18.0 Å². The van der Waals surface area contributed by atoms with Gasteiger partial charge in [-0.1, -0.05) is 63.2 Å². The maximum atomic E-state index is 12.3. The molecule has 3 amide bonds. The van der Waals surface area contributed by atoms with E-state index in [0.29, 0.717) is 13.2 Å². The van der Waals surface area contributed by atoms with Crippen molar-refractivity contribution >= 4 is 11.9 Å². The van der Waals surface area contributed by atoms with Gasteiger partial charge < -0.3 is 15.8 Å². The number of hydrogen-bond acceptors (Lipinski definition) is 3. The van der Waals surface area contributed by atoms with Crippen molar-refractivity contribution in [2.45, 2.75) is 32.2 Å². The van der Waals surface area contributed by atoms with Crippen LogP contribution < -0.4 is 21.1 Å². The van der Waals surface area contributed by atoms with E-state index in [1.807, 2.05) is 47.8 Å². The number of hydrogen-bond donors (Lipinski definition) is 3. The van der Waals surface area contributed by atoms with E-state index in [2.05, 4.69) is 38.2 Å². The number of urea groups is 1. The second-order valence-corrected chi connectivity index (χ2v) is 7.39. The van der Waals surface area contributed by atoms with Crippen molar-refractivity contribution in [3.8, 4) is 5.75 Å². The molecule has 5 N–H and O–H groups in total. The molecule has 2 aromatic rings. The monoisotopic (exact) mass is 370 g/mol. The van der Waals surface area contributed by atoms with Gasteiger partial charge in [-0.2, -0.15) is 0 Å². The summed E-state index contributed by atoms with van der Waals surface area (Å²) < 4.78 is 5.77. The SMILES string of the molecule is CC(C)(C)c1ccc(OCC[NH2+][C@H](C(=O)NC(N)=O)c2ccccc2)cc1. The summed E-state index contributed by atoms with van der Waals surface area (Å²) in [5, 5.41) is 3.98. The molecule has 0 aliphatic carbocycles. The van der Waals surface area contributed by atoms with Gasteiger partial charge in [0.15, 0.2) is 6.04 Å². The Morgan fingerprint density at radius 3 is 2.26 bits per heavy atom. The zero-order valence-electron chi connectivity index (χ0n) is 16.1. The standard InChI is InChI=1S/C21H27N3O3/c1-21(2,3)16-9-11-17(12-10-16)27-14-13-23-18(19(25)24-20(22)26)15-7-5-4-6-8-15/h4-12,18,23H,13-14H2,1-3H3,(H3,22,24,25,26)/p+1/t18-/m0/s1. The Balaban J connectivity index is 1.91. The van der Waals surface area contributed by atoms with E-state index in [0.717, 1.165) is 11.3 Å². The lowest BCUT2D eigenvalue weighted by molar-refractivity contribution is -0.683. The summed E-state index contributed by atoms with van der Waals surface area (Å²) in [6.45, 7) is 7.48. The number of ether oxygens (including phenoxy) is 1. The summed E-state index contributed by atoms with van der Waals surface area (Å²) >= 11 is 0. The fraction of sp³-hybridized carbons (Fsp3) is 0.333. The minimum absolute atomic E-state index is 0.100. The van der Waals surface area contributed by atoms with E-state index in [1.165, 1.54) is 5.56 Å². The highest BCUT2D eigenvalue weighted by Gasteiger charge is 2.24. The summed E-state index contributed by atoms with van der Waals surface area (Å²) in [5.41, 5.74) is 7.21. The fourth-order valence-electron chi connectivity index (χ4n) is 2.72. The van der Waals surface area contributed by atoms with Crippen LogP contribution in [0.4, 0.5) is 4.79 Å². The number of benzene rings is 2. The minimum Gasteiger partial charge on any atom is -0.488 e. The second-order valence-electron chi connectivity index (χ2n) is 7.39. The number of carbonyl (C=O) groups excluding carboxylic acids is 2. The van der Waals surface area contributed by atoms with E-state index in [4.69, 9.17) is 10.5 Å². The van der Waals surface area contributed by atoms with Gasteiger partial charge in [0.25, 0.3) is 5.91 Å². The molecule has 0 heterocycles. The van der Waals surface area contributed by atoms with Gasteiger partial charge in [0.2, 0.25) is 0 Å². The Morgan fingerprint density at radius 1 is 1.07 bits per heavy atom. The summed E-state index contributed by atoms with van der Waals surface area (Å²) in [7, 11) is 0. The van der Waals surface area contributed by atoms with Crippen molar-refractivity contribution in [2.24, 2.45) is 5.73 Å². The number of nitrogens with two attached hydrogens (primary N) is 2. The highest BCUT2D eigenvalue weighted by atomic mass is 16.5. The van der Waals surface area contributed by atoms with Gasteiger partial charge in [-0.3, -0.25) is 10.1 Å². The van der Waals surface area contributed by atoms with Crippen LogP contribution in [0.5, 0.6) is 5.75 Å². The predicted octanol–water partition coefficient (Wildman–Crippen LogP) is 1.86. The second kappa shape index (κ2) is 9.19. The maximum absolute atomic E-state index is 12.3. The Morgan fingerprint density at radius 2 is 1.70 bits per heavy atom. The number of nitrogens with one attached hydrogen (secondary N) is 1. The van der Waals surface area contributed by atoms with Crippen molar-refractivity contribution in [1.82, 2.24) is 5.32 Å². The molecule has 0 aliphatic heterocycles. The first kappa shape index (κ1) is 20.5. The summed E-state index contributed by atoms with van der Waals surface area (Å²) in [6, 6.07) is 15.9. The molecule has 2 aromatic carbocycles. The number of primary amides is 1. The van der Waals surface area contributed by atoms with E-state index >= 15 is 0 Å². The summed E-state index contributed by atoms with van der Waals surface area (Å²) in [4.78, 5) is 23.3. The van der Waals surface area contributed by atoms with Crippen LogP contribution in [0.15, 0.2) is 54.6 Å². The molecule has 0 spiro atoms. The lowest BCUT2D eigenvalue weighted by Crippen LogP contribution is -2.88. The van der Waals surface area contributed by atoms with Crippen molar-refractivity contribution in [2.75, 3.05) is 13.2 Å². The fourth-order valence-corrected chi connectivity index (χ4v) is 2.72. The molecule has 1 atom stereocenters. The molecule has 0 radical (unpaired) electrons. The normalized spacial score (nSPS) is 12.3. The van der Waals surface area contributed by atoms with Crippen molar-refractivity contribution < 1.29 is 19.6 Å². The van der Waals surface area contributed by atoms with E-state index in [-0.39, 0.29) is 5.41 Å². The zero-order valence-corrected chi connectivity index (χ0v) is 16.1. The minimum atomic E-state index is -0.857. The molecule has 6 nitrogen and oxygen atoms in total. The Hall–Kier alpha value is -2.86. The molecule has 0 fully saturated rings. The number of imide groups is 1. The lowest BCUT2D eigenvalue weighted by Gasteiger charge is -2.19. The lowest BCUT2D eigenvalue weighted by atomic mass is 9.87. The average molecular weight is 370 g/mol. The Bertz CT molecular complexity index is 752. The maximum Gasteiger partial charge on any atom is 0.319 e. The molecule has 0 aliphatic rings. The first-order chi connectivity index (χ1) is 12.8. The van der Waals surface area contributed by atoms with Crippen LogP contribution in [-0.2, 0) is 10.2 Å². The first-order valence-corrected chi connectivity index (χ1v) is 8.99. The Kier molecular flexibility index (Phi) is 6.96. The first-order valence-electron chi connectivity index (χ1n) is 8.99. The largest absolute Gasteiger partial charge is 0.488 e. The number of quaternary nitrogens is 1. The van der Waals surface area contributed by atoms with Crippen LogP contribution in [0.3, 0.4) is 0 Å². The molecule has 0 saturated carbocycles. The van der Waals surface area contributed by atoms with Crippen LogP contribution >= 0.6 is 0 Å². The van der Waals surface area contributed by atoms with Gasteiger partial charge in [0, 0.05) is 5.56 Å². The highest BCUT2D eigenvalue weighted by Crippen LogP contribution is 2.24. The van der Waals surface area contributed by atoms with Crippen LogP contribution in [0.1, 0.15) is 37.9 Å². The van der Waals surface area contributed by atoms with Crippen molar-refractivity contribution in [3.63, 3.8) is 0 Å². The van der Waals surface area contributed by atoms with E-state index in [9.17, 15) is 9.59 Å². The molecular weight excluding hydrogens is 342 g/mol.